The van der Waals surface area contributed by atoms with Crippen LogP contribution in [0.25, 0.3) is 11.1 Å². The number of anilines is 1. The number of rotatable bonds is 8. The molecule has 37 heavy (non-hydrogen) atoms. The van der Waals surface area contributed by atoms with E-state index in [1.165, 1.54) is 11.1 Å². The van der Waals surface area contributed by atoms with Crippen LogP contribution in [0.4, 0.5) is 5.69 Å². The van der Waals surface area contributed by atoms with Crippen molar-refractivity contribution in [2.45, 2.75) is 34.0 Å². The molecule has 0 fully saturated rings. The van der Waals surface area contributed by atoms with Crippen molar-refractivity contribution in [2.75, 3.05) is 5.32 Å². The van der Waals surface area contributed by atoms with Crippen molar-refractivity contribution < 1.29 is 9.53 Å². The minimum absolute atomic E-state index is 0.199. The lowest BCUT2D eigenvalue weighted by Crippen LogP contribution is -2.15. The molecule has 0 saturated heterocycles. The first-order chi connectivity index (χ1) is 18.0. The van der Waals surface area contributed by atoms with Crippen molar-refractivity contribution in [3.63, 3.8) is 0 Å². The predicted molar refractivity (Wildman–Crippen MR) is 145 cm³/mol. The molecule has 7 nitrogen and oxygen atoms in total. The van der Waals surface area contributed by atoms with Crippen molar-refractivity contribution in [3.05, 3.63) is 119 Å². The summed E-state index contributed by atoms with van der Waals surface area (Å²) in [4.78, 5) is 12.9. The van der Waals surface area contributed by atoms with Crippen LogP contribution in [0, 0.1) is 20.8 Å². The number of amides is 1. The third-order valence-electron chi connectivity index (χ3n) is 6.40. The first kappa shape index (κ1) is 24.1. The Morgan fingerprint density at radius 1 is 0.838 bits per heavy atom. The van der Waals surface area contributed by atoms with E-state index >= 15 is 0 Å². The molecule has 0 saturated carbocycles. The van der Waals surface area contributed by atoms with E-state index in [4.69, 9.17) is 4.74 Å². The SMILES string of the molecule is Cc1ccccc1Cn1nc(C)c(NC(=O)c2ccn(COc3ccc(-c4ccccc4)cc3)n2)c1C. The quantitative estimate of drug-likeness (QED) is 0.289. The summed E-state index contributed by atoms with van der Waals surface area (Å²) in [6.07, 6.45) is 1.73. The molecule has 5 aromatic rings. The maximum atomic E-state index is 12.9. The van der Waals surface area contributed by atoms with Crippen LogP contribution in [0.15, 0.2) is 91.1 Å². The van der Waals surface area contributed by atoms with Gasteiger partial charge in [-0.3, -0.25) is 9.48 Å². The van der Waals surface area contributed by atoms with Gasteiger partial charge in [-0.2, -0.15) is 10.2 Å². The fraction of sp³-hybridized carbons (Fsp3) is 0.167. The zero-order valence-corrected chi connectivity index (χ0v) is 21.2. The number of carbonyl (C=O) groups excluding carboxylic acids is 1. The molecule has 2 heterocycles. The summed E-state index contributed by atoms with van der Waals surface area (Å²) in [5.74, 6) is 0.445. The van der Waals surface area contributed by atoms with Crippen LogP contribution < -0.4 is 10.1 Å². The van der Waals surface area contributed by atoms with Gasteiger partial charge in [-0.1, -0.05) is 66.7 Å². The topological polar surface area (TPSA) is 74.0 Å². The molecule has 0 unspecified atom stereocenters. The highest BCUT2D eigenvalue weighted by molar-refractivity contribution is 6.03. The number of nitrogens with one attached hydrogen (secondary N) is 1. The molecule has 0 aliphatic carbocycles. The molecule has 0 aliphatic heterocycles. The lowest BCUT2D eigenvalue weighted by Gasteiger charge is -2.09. The fourth-order valence-electron chi connectivity index (χ4n) is 4.23. The molecule has 2 aromatic heterocycles. The summed E-state index contributed by atoms with van der Waals surface area (Å²) in [7, 11) is 0. The van der Waals surface area contributed by atoms with E-state index in [2.05, 4.69) is 46.7 Å². The monoisotopic (exact) mass is 491 g/mol. The summed E-state index contributed by atoms with van der Waals surface area (Å²) in [6, 6.07) is 28.0. The molecular weight excluding hydrogens is 462 g/mol. The van der Waals surface area contributed by atoms with Crippen molar-refractivity contribution in [2.24, 2.45) is 0 Å². The fourth-order valence-corrected chi connectivity index (χ4v) is 4.23. The van der Waals surface area contributed by atoms with Gasteiger partial charge in [0.05, 0.1) is 23.6 Å². The smallest absolute Gasteiger partial charge is 0.276 e. The molecule has 5 rings (SSSR count). The van der Waals surface area contributed by atoms with Crippen molar-refractivity contribution in [1.29, 1.82) is 0 Å². The van der Waals surface area contributed by atoms with Gasteiger partial charge < -0.3 is 10.1 Å². The van der Waals surface area contributed by atoms with Gasteiger partial charge in [0.1, 0.15) is 5.75 Å². The van der Waals surface area contributed by atoms with E-state index in [0.29, 0.717) is 17.9 Å². The van der Waals surface area contributed by atoms with Crippen LogP contribution in [0.1, 0.15) is 33.0 Å². The standard InChI is InChI=1S/C30H29N5O2/c1-21-9-7-8-12-26(21)19-35-23(3)29(22(2)32-35)31-30(36)28-17-18-34(33-28)20-37-27-15-13-25(14-16-27)24-10-5-4-6-11-24/h4-18H,19-20H2,1-3H3,(H,31,36). The van der Waals surface area contributed by atoms with E-state index in [1.807, 2.05) is 73.1 Å². The summed E-state index contributed by atoms with van der Waals surface area (Å²) in [5.41, 5.74) is 7.37. The molecule has 1 amide bonds. The molecule has 7 heteroatoms. The molecule has 0 atom stereocenters. The molecule has 0 spiro atoms. The highest BCUT2D eigenvalue weighted by atomic mass is 16.5. The summed E-state index contributed by atoms with van der Waals surface area (Å²) < 4.78 is 9.38. The summed E-state index contributed by atoms with van der Waals surface area (Å²) >= 11 is 0. The summed E-state index contributed by atoms with van der Waals surface area (Å²) in [5, 5.41) is 12.0. The third kappa shape index (κ3) is 5.46. The van der Waals surface area contributed by atoms with Gasteiger partial charge in [-0.15, -0.1) is 0 Å². The third-order valence-corrected chi connectivity index (χ3v) is 6.40. The molecule has 0 aliphatic rings. The second-order valence-electron chi connectivity index (χ2n) is 8.99. The normalized spacial score (nSPS) is 10.9. The Kier molecular flexibility index (Phi) is 6.85. The van der Waals surface area contributed by atoms with Gasteiger partial charge in [-0.25, -0.2) is 4.68 Å². The van der Waals surface area contributed by atoms with Crippen LogP contribution in [0.2, 0.25) is 0 Å². The Bertz CT molecular complexity index is 1520. The number of hydrogen-bond acceptors (Lipinski definition) is 4. The van der Waals surface area contributed by atoms with Crippen LogP contribution >= 0.6 is 0 Å². The maximum absolute atomic E-state index is 12.9. The van der Waals surface area contributed by atoms with Crippen LogP contribution in [-0.4, -0.2) is 25.5 Å². The number of benzene rings is 3. The Labute approximate surface area is 216 Å². The first-order valence-corrected chi connectivity index (χ1v) is 12.2. The van der Waals surface area contributed by atoms with Crippen LogP contribution in [0.3, 0.4) is 0 Å². The van der Waals surface area contributed by atoms with E-state index < -0.39 is 0 Å². The van der Waals surface area contributed by atoms with Gasteiger partial charge in [0.2, 0.25) is 0 Å². The molecule has 3 aromatic carbocycles. The molecule has 186 valence electrons. The zero-order valence-electron chi connectivity index (χ0n) is 21.2. The Morgan fingerprint density at radius 2 is 1.54 bits per heavy atom. The number of aromatic nitrogens is 4. The average molecular weight is 492 g/mol. The van der Waals surface area contributed by atoms with Crippen LogP contribution in [0.5, 0.6) is 5.75 Å². The minimum atomic E-state index is -0.285. The van der Waals surface area contributed by atoms with E-state index in [1.54, 1.807) is 16.9 Å². The number of ether oxygens (including phenoxy) is 1. The zero-order chi connectivity index (χ0) is 25.8. The predicted octanol–water partition coefficient (Wildman–Crippen LogP) is 6.01. The summed E-state index contributed by atoms with van der Waals surface area (Å²) in [6.45, 7) is 6.79. The van der Waals surface area contributed by atoms with Crippen molar-refractivity contribution in [1.82, 2.24) is 19.6 Å². The second-order valence-corrected chi connectivity index (χ2v) is 8.99. The maximum Gasteiger partial charge on any atom is 0.276 e. The van der Waals surface area contributed by atoms with Crippen LogP contribution in [-0.2, 0) is 13.3 Å². The molecule has 1 N–H and O–H groups in total. The molecule has 0 bridgehead atoms. The van der Waals surface area contributed by atoms with Crippen molar-refractivity contribution in [3.8, 4) is 16.9 Å². The second kappa shape index (κ2) is 10.5. The number of hydrogen-bond donors (Lipinski definition) is 1. The Hall–Kier alpha value is -4.65. The lowest BCUT2D eigenvalue weighted by molar-refractivity contribution is 0.102. The molecular formula is C30H29N5O2. The van der Waals surface area contributed by atoms with Gasteiger partial charge in [0.15, 0.2) is 12.4 Å². The lowest BCUT2D eigenvalue weighted by atomic mass is 10.1. The van der Waals surface area contributed by atoms with Gasteiger partial charge in [-0.05, 0) is 61.2 Å². The van der Waals surface area contributed by atoms with Crippen molar-refractivity contribution >= 4 is 11.6 Å². The number of carbonyl (C=O) groups is 1. The Balaban J connectivity index is 1.21. The molecule has 0 radical (unpaired) electrons. The highest BCUT2D eigenvalue weighted by Gasteiger charge is 2.17. The largest absolute Gasteiger partial charge is 0.471 e. The number of nitrogens with zero attached hydrogens (tertiary/aromatic N) is 4. The first-order valence-electron chi connectivity index (χ1n) is 12.2. The highest BCUT2D eigenvalue weighted by Crippen LogP contribution is 2.23. The van der Waals surface area contributed by atoms with E-state index in [-0.39, 0.29) is 12.6 Å². The van der Waals surface area contributed by atoms with E-state index in [0.717, 1.165) is 28.3 Å². The van der Waals surface area contributed by atoms with Gasteiger partial charge >= 0.3 is 0 Å². The number of aryl methyl sites for hydroxylation is 2. The average Bonchev–Trinajstić information content (AvgIpc) is 3.50. The van der Waals surface area contributed by atoms with Gasteiger partial charge in [0.25, 0.3) is 5.91 Å². The van der Waals surface area contributed by atoms with E-state index in [9.17, 15) is 4.79 Å². The Morgan fingerprint density at radius 3 is 2.30 bits per heavy atom. The minimum Gasteiger partial charge on any atom is -0.471 e. The van der Waals surface area contributed by atoms with Gasteiger partial charge in [0, 0.05) is 6.20 Å².